The second-order valence-electron chi connectivity index (χ2n) is 7.02. The van der Waals surface area contributed by atoms with Crippen LogP contribution in [0, 0.1) is 5.92 Å². The van der Waals surface area contributed by atoms with Crippen molar-refractivity contribution in [2.75, 3.05) is 30.4 Å². The molecule has 150 valence electrons. The van der Waals surface area contributed by atoms with Crippen LogP contribution in [-0.4, -0.2) is 34.5 Å². The summed E-state index contributed by atoms with van der Waals surface area (Å²) < 4.78 is 26.2. The molecular formula is C20H24ClN3O3S. The van der Waals surface area contributed by atoms with Crippen molar-refractivity contribution in [2.24, 2.45) is 5.92 Å². The fourth-order valence-corrected chi connectivity index (χ4v) is 4.14. The first-order valence-corrected chi connectivity index (χ1v) is 11.1. The van der Waals surface area contributed by atoms with Gasteiger partial charge in [-0.25, -0.2) is 13.1 Å². The summed E-state index contributed by atoms with van der Waals surface area (Å²) in [6.07, 6.45) is 2.37. The first-order chi connectivity index (χ1) is 13.3. The van der Waals surface area contributed by atoms with Crippen molar-refractivity contribution in [1.29, 1.82) is 0 Å². The summed E-state index contributed by atoms with van der Waals surface area (Å²) in [4.78, 5) is 14.9. The van der Waals surface area contributed by atoms with Gasteiger partial charge in [0.25, 0.3) is 5.91 Å². The van der Waals surface area contributed by atoms with E-state index in [1.807, 2.05) is 24.3 Å². The molecule has 1 aliphatic heterocycles. The highest BCUT2D eigenvalue weighted by atomic mass is 35.5. The Kier molecular flexibility index (Phi) is 6.27. The molecule has 0 spiro atoms. The van der Waals surface area contributed by atoms with Crippen LogP contribution >= 0.6 is 11.6 Å². The van der Waals surface area contributed by atoms with Crippen molar-refractivity contribution in [2.45, 2.75) is 24.7 Å². The second kappa shape index (κ2) is 8.51. The van der Waals surface area contributed by atoms with E-state index in [1.165, 1.54) is 38.1 Å². The van der Waals surface area contributed by atoms with Crippen LogP contribution in [0.4, 0.5) is 11.4 Å². The molecule has 1 saturated heterocycles. The molecule has 0 saturated carbocycles. The third-order valence-electron chi connectivity index (χ3n) is 5.04. The number of benzene rings is 2. The highest BCUT2D eigenvalue weighted by Gasteiger charge is 2.18. The Morgan fingerprint density at radius 3 is 2.36 bits per heavy atom. The zero-order valence-electron chi connectivity index (χ0n) is 15.9. The maximum Gasteiger partial charge on any atom is 0.257 e. The summed E-state index contributed by atoms with van der Waals surface area (Å²) in [5.74, 6) is 0.305. The summed E-state index contributed by atoms with van der Waals surface area (Å²) in [6.45, 7) is 4.35. The van der Waals surface area contributed by atoms with E-state index in [0.29, 0.717) is 5.69 Å². The molecule has 2 aromatic rings. The fraction of sp³-hybridized carbons (Fsp3) is 0.350. The number of carbonyl (C=O) groups excluding carboxylic acids is 1. The monoisotopic (exact) mass is 421 g/mol. The van der Waals surface area contributed by atoms with Gasteiger partial charge in [-0.05, 0) is 68.3 Å². The van der Waals surface area contributed by atoms with Crippen LogP contribution in [0.1, 0.15) is 30.1 Å². The van der Waals surface area contributed by atoms with Gasteiger partial charge >= 0.3 is 0 Å². The zero-order valence-corrected chi connectivity index (χ0v) is 17.5. The quantitative estimate of drug-likeness (QED) is 0.770. The molecular weight excluding hydrogens is 398 g/mol. The van der Waals surface area contributed by atoms with E-state index in [9.17, 15) is 13.2 Å². The Labute approximate surface area is 170 Å². The number of piperidine rings is 1. The van der Waals surface area contributed by atoms with E-state index in [-0.39, 0.29) is 15.5 Å². The lowest BCUT2D eigenvalue weighted by atomic mass is 9.99. The minimum absolute atomic E-state index is 0.0146. The highest BCUT2D eigenvalue weighted by molar-refractivity contribution is 7.89. The lowest BCUT2D eigenvalue weighted by molar-refractivity contribution is 0.102. The molecule has 0 bridgehead atoms. The van der Waals surface area contributed by atoms with Crippen molar-refractivity contribution in [3.05, 3.63) is 53.1 Å². The number of rotatable bonds is 5. The van der Waals surface area contributed by atoms with E-state index >= 15 is 0 Å². The predicted octanol–water partition coefficient (Wildman–Crippen LogP) is 3.74. The molecule has 1 heterocycles. The van der Waals surface area contributed by atoms with Gasteiger partial charge in [0.1, 0.15) is 0 Å². The Morgan fingerprint density at radius 2 is 1.75 bits per heavy atom. The zero-order chi connectivity index (χ0) is 20.3. The van der Waals surface area contributed by atoms with Gasteiger partial charge in [0.05, 0.1) is 15.5 Å². The number of amides is 1. The Hall–Kier alpha value is -2.09. The van der Waals surface area contributed by atoms with Crippen molar-refractivity contribution < 1.29 is 13.2 Å². The van der Waals surface area contributed by atoms with Crippen molar-refractivity contribution in [1.82, 2.24) is 4.72 Å². The van der Waals surface area contributed by atoms with E-state index < -0.39 is 15.9 Å². The summed E-state index contributed by atoms with van der Waals surface area (Å²) in [5, 5.41) is 2.96. The molecule has 28 heavy (non-hydrogen) atoms. The van der Waals surface area contributed by atoms with Gasteiger partial charge in [0, 0.05) is 24.5 Å². The molecule has 6 nitrogen and oxygen atoms in total. The van der Waals surface area contributed by atoms with Crippen LogP contribution < -0.4 is 14.9 Å². The fourth-order valence-electron chi connectivity index (χ4n) is 3.18. The summed E-state index contributed by atoms with van der Waals surface area (Å²) >= 11 is 6.11. The molecule has 1 fully saturated rings. The smallest absolute Gasteiger partial charge is 0.257 e. The van der Waals surface area contributed by atoms with Crippen LogP contribution in [-0.2, 0) is 10.0 Å². The van der Waals surface area contributed by atoms with E-state index in [4.69, 9.17) is 11.6 Å². The Bertz CT molecular complexity index is 953. The Balaban J connectivity index is 1.74. The third kappa shape index (κ3) is 4.66. The van der Waals surface area contributed by atoms with Crippen molar-refractivity contribution in [3.63, 3.8) is 0 Å². The average molecular weight is 422 g/mol. The molecule has 2 N–H and O–H groups in total. The number of nitrogens with one attached hydrogen (secondary N) is 2. The molecule has 0 radical (unpaired) electrons. The van der Waals surface area contributed by atoms with Crippen LogP contribution in [0.25, 0.3) is 0 Å². The van der Waals surface area contributed by atoms with Crippen molar-refractivity contribution >= 4 is 38.9 Å². The molecule has 1 amide bonds. The van der Waals surface area contributed by atoms with Crippen molar-refractivity contribution in [3.8, 4) is 0 Å². The topological polar surface area (TPSA) is 78.5 Å². The lowest BCUT2D eigenvalue weighted by Gasteiger charge is -2.32. The van der Waals surface area contributed by atoms with Gasteiger partial charge in [-0.1, -0.05) is 18.5 Å². The van der Waals surface area contributed by atoms with Crippen LogP contribution in [0.3, 0.4) is 0 Å². The maximum absolute atomic E-state index is 12.6. The highest BCUT2D eigenvalue weighted by Crippen LogP contribution is 2.25. The van der Waals surface area contributed by atoms with Crippen LogP contribution in [0.5, 0.6) is 0 Å². The molecule has 0 aromatic heterocycles. The van der Waals surface area contributed by atoms with Gasteiger partial charge < -0.3 is 10.2 Å². The van der Waals surface area contributed by atoms with Gasteiger partial charge in [-0.15, -0.1) is 0 Å². The molecule has 0 unspecified atom stereocenters. The molecule has 2 aromatic carbocycles. The third-order valence-corrected chi connectivity index (χ3v) is 6.78. The minimum Gasteiger partial charge on any atom is -0.372 e. The van der Waals surface area contributed by atoms with Crippen LogP contribution in [0.15, 0.2) is 47.4 Å². The summed E-state index contributed by atoms with van der Waals surface area (Å²) in [6, 6.07) is 11.7. The number of carbonyl (C=O) groups is 1. The molecule has 1 aliphatic rings. The normalized spacial score (nSPS) is 15.5. The lowest BCUT2D eigenvalue weighted by Crippen LogP contribution is -2.32. The van der Waals surface area contributed by atoms with E-state index in [2.05, 4.69) is 21.9 Å². The largest absolute Gasteiger partial charge is 0.372 e. The van der Waals surface area contributed by atoms with Gasteiger partial charge in [-0.3, -0.25) is 4.79 Å². The minimum atomic E-state index is -3.66. The molecule has 8 heteroatoms. The van der Waals surface area contributed by atoms with Gasteiger partial charge in [0.15, 0.2) is 0 Å². The van der Waals surface area contributed by atoms with Crippen LogP contribution in [0.2, 0.25) is 5.02 Å². The van der Waals surface area contributed by atoms with E-state index in [1.54, 1.807) is 0 Å². The standard InChI is InChI=1S/C20H24ClN3O3S/c1-14-9-11-24(12-10-14)16-5-3-15(4-6-16)23-20(25)18-13-17(7-8-19(18)21)28(26,27)22-2/h3-8,13-14,22H,9-12H2,1-2H3,(H,23,25). The van der Waals surface area contributed by atoms with E-state index in [0.717, 1.165) is 24.7 Å². The molecule has 3 rings (SSSR count). The summed E-state index contributed by atoms with van der Waals surface area (Å²) in [5.41, 5.74) is 1.86. The number of sulfonamides is 1. The first kappa shape index (κ1) is 20.6. The summed E-state index contributed by atoms with van der Waals surface area (Å²) in [7, 11) is -2.35. The first-order valence-electron chi connectivity index (χ1n) is 9.19. The molecule has 0 aliphatic carbocycles. The SMILES string of the molecule is CNS(=O)(=O)c1ccc(Cl)c(C(=O)Nc2ccc(N3CCC(C)CC3)cc2)c1. The number of nitrogens with zero attached hydrogens (tertiary/aromatic N) is 1. The second-order valence-corrected chi connectivity index (χ2v) is 9.31. The number of anilines is 2. The van der Waals surface area contributed by atoms with Gasteiger partial charge in [-0.2, -0.15) is 0 Å². The Morgan fingerprint density at radius 1 is 1.11 bits per heavy atom. The number of hydrogen-bond acceptors (Lipinski definition) is 4. The average Bonchev–Trinajstić information content (AvgIpc) is 2.69. The number of hydrogen-bond donors (Lipinski definition) is 2. The maximum atomic E-state index is 12.6. The predicted molar refractivity (Wildman–Crippen MR) is 113 cm³/mol. The number of halogens is 1. The van der Waals surface area contributed by atoms with Gasteiger partial charge in [0.2, 0.25) is 10.0 Å². The molecule has 0 atom stereocenters.